The summed E-state index contributed by atoms with van der Waals surface area (Å²) in [7, 11) is 3.09. The maximum Gasteiger partial charge on any atom is 0.171 e. The summed E-state index contributed by atoms with van der Waals surface area (Å²) in [4.78, 5) is 12.1. The summed E-state index contributed by atoms with van der Waals surface area (Å²) in [5.74, 6) is 1.06. The molecule has 0 atom stereocenters. The van der Waals surface area contributed by atoms with E-state index in [1.165, 1.54) is 7.11 Å². The van der Waals surface area contributed by atoms with Gasteiger partial charge in [0.05, 0.1) is 19.8 Å². The molecule has 0 aliphatic heterocycles. The smallest absolute Gasteiger partial charge is 0.171 e. The number of carbonyl (C=O) groups is 1. The number of hydrogen-bond donors (Lipinski definition) is 1. The van der Waals surface area contributed by atoms with Gasteiger partial charge in [-0.15, -0.1) is 0 Å². The molecule has 0 bridgehead atoms. The number of nitrogens with two attached hydrogens (primary N) is 1. The van der Waals surface area contributed by atoms with Crippen molar-refractivity contribution < 1.29 is 14.3 Å². The Morgan fingerprint density at radius 3 is 2.41 bits per heavy atom. The van der Waals surface area contributed by atoms with Crippen LogP contribution in [0.3, 0.4) is 0 Å². The summed E-state index contributed by atoms with van der Waals surface area (Å²) < 4.78 is 10.5. The maximum absolute atomic E-state index is 12.1. The van der Waals surface area contributed by atoms with Crippen LogP contribution in [0, 0.1) is 13.8 Å². The number of ether oxygens (including phenoxy) is 2. The SMILES string of the molecule is COc1cc(C)c(C)c(C(=O)CCN)c1OC. The molecule has 0 radical (unpaired) electrons. The molecule has 1 aromatic carbocycles. The fraction of sp³-hybridized carbons (Fsp3) is 0.462. The lowest BCUT2D eigenvalue weighted by Crippen LogP contribution is -2.12. The van der Waals surface area contributed by atoms with Gasteiger partial charge in [0.25, 0.3) is 0 Å². The molecule has 1 rings (SSSR count). The van der Waals surface area contributed by atoms with Gasteiger partial charge in [0.2, 0.25) is 0 Å². The molecule has 0 aliphatic carbocycles. The van der Waals surface area contributed by atoms with Crippen molar-refractivity contribution in [2.75, 3.05) is 20.8 Å². The van der Waals surface area contributed by atoms with E-state index in [2.05, 4.69) is 0 Å². The van der Waals surface area contributed by atoms with Crippen LogP contribution in [0.1, 0.15) is 27.9 Å². The minimum atomic E-state index is -0.0103. The second kappa shape index (κ2) is 5.68. The Labute approximate surface area is 102 Å². The van der Waals surface area contributed by atoms with E-state index >= 15 is 0 Å². The van der Waals surface area contributed by atoms with E-state index in [0.717, 1.165) is 11.1 Å². The standard InChI is InChI=1S/C13H19NO3/c1-8-7-11(16-3)13(17-4)12(9(8)2)10(15)5-6-14/h7H,5-6,14H2,1-4H3. The van der Waals surface area contributed by atoms with Gasteiger partial charge >= 0.3 is 0 Å². The van der Waals surface area contributed by atoms with E-state index in [4.69, 9.17) is 15.2 Å². The highest BCUT2D eigenvalue weighted by atomic mass is 16.5. The van der Waals surface area contributed by atoms with E-state index in [-0.39, 0.29) is 5.78 Å². The van der Waals surface area contributed by atoms with Gasteiger partial charge in [-0.1, -0.05) is 0 Å². The van der Waals surface area contributed by atoms with Crippen LogP contribution < -0.4 is 15.2 Å². The van der Waals surface area contributed by atoms with Crippen LogP contribution in [0.15, 0.2) is 6.07 Å². The molecule has 0 heterocycles. The summed E-state index contributed by atoms with van der Waals surface area (Å²) in [6, 6.07) is 1.87. The number of ketones is 1. The second-order valence-corrected chi connectivity index (χ2v) is 3.89. The minimum absolute atomic E-state index is 0.0103. The lowest BCUT2D eigenvalue weighted by atomic mass is 9.96. The van der Waals surface area contributed by atoms with E-state index in [0.29, 0.717) is 30.0 Å². The fourth-order valence-electron chi connectivity index (χ4n) is 1.81. The Hall–Kier alpha value is -1.55. The van der Waals surface area contributed by atoms with Gasteiger partial charge in [0, 0.05) is 6.42 Å². The Morgan fingerprint density at radius 2 is 1.94 bits per heavy atom. The first kappa shape index (κ1) is 13.5. The molecule has 4 heteroatoms. The van der Waals surface area contributed by atoms with Gasteiger partial charge in [0.1, 0.15) is 0 Å². The molecule has 0 spiro atoms. The quantitative estimate of drug-likeness (QED) is 0.794. The molecule has 2 N–H and O–H groups in total. The lowest BCUT2D eigenvalue weighted by Gasteiger charge is -2.16. The first-order chi connectivity index (χ1) is 8.06. The van der Waals surface area contributed by atoms with Crippen molar-refractivity contribution >= 4 is 5.78 Å². The van der Waals surface area contributed by atoms with Crippen LogP contribution in [-0.4, -0.2) is 26.5 Å². The number of rotatable bonds is 5. The van der Waals surface area contributed by atoms with Gasteiger partial charge in [-0.25, -0.2) is 0 Å². The molecule has 0 saturated heterocycles. The molecule has 0 saturated carbocycles. The van der Waals surface area contributed by atoms with Gasteiger partial charge in [-0.3, -0.25) is 4.79 Å². The highest BCUT2D eigenvalue weighted by molar-refractivity contribution is 6.01. The predicted octanol–water partition coefficient (Wildman–Crippen LogP) is 1.85. The third-order valence-corrected chi connectivity index (χ3v) is 2.84. The van der Waals surface area contributed by atoms with E-state index < -0.39 is 0 Å². The Morgan fingerprint density at radius 1 is 1.29 bits per heavy atom. The first-order valence-corrected chi connectivity index (χ1v) is 5.52. The highest BCUT2D eigenvalue weighted by Gasteiger charge is 2.20. The van der Waals surface area contributed by atoms with Crippen LogP contribution >= 0.6 is 0 Å². The van der Waals surface area contributed by atoms with Crippen LogP contribution in [-0.2, 0) is 0 Å². The highest BCUT2D eigenvalue weighted by Crippen LogP contribution is 2.36. The van der Waals surface area contributed by atoms with Crippen LogP contribution in [0.5, 0.6) is 11.5 Å². The average Bonchev–Trinajstić information content (AvgIpc) is 2.31. The van der Waals surface area contributed by atoms with Crippen LogP contribution in [0.25, 0.3) is 0 Å². The predicted molar refractivity (Wildman–Crippen MR) is 67.0 cm³/mol. The molecule has 0 unspecified atom stereocenters. The Balaban J connectivity index is 3.43. The third-order valence-electron chi connectivity index (χ3n) is 2.84. The Kier molecular flexibility index (Phi) is 4.52. The molecule has 17 heavy (non-hydrogen) atoms. The van der Waals surface area contributed by atoms with Crippen molar-refractivity contribution in [3.63, 3.8) is 0 Å². The number of carbonyl (C=O) groups excluding carboxylic acids is 1. The molecule has 94 valence electrons. The lowest BCUT2D eigenvalue weighted by molar-refractivity contribution is 0.0981. The Bertz CT molecular complexity index is 427. The van der Waals surface area contributed by atoms with Crippen molar-refractivity contribution in [3.8, 4) is 11.5 Å². The molecule has 1 aromatic rings. The summed E-state index contributed by atoms with van der Waals surface area (Å²) in [6.45, 7) is 4.18. The van der Waals surface area contributed by atoms with Gasteiger partial charge in [-0.2, -0.15) is 0 Å². The van der Waals surface area contributed by atoms with Crippen LogP contribution in [0.4, 0.5) is 0 Å². The van der Waals surface area contributed by atoms with Crippen LogP contribution in [0.2, 0.25) is 0 Å². The summed E-state index contributed by atoms with van der Waals surface area (Å²) >= 11 is 0. The second-order valence-electron chi connectivity index (χ2n) is 3.89. The number of aryl methyl sites for hydroxylation is 1. The monoisotopic (exact) mass is 237 g/mol. The van der Waals surface area contributed by atoms with Crippen molar-refractivity contribution in [3.05, 3.63) is 22.8 Å². The molecule has 0 aromatic heterocycles. The maximum atomic E-state index is 12.1. The first-order valence-electron chi connectivity index (χ1n) is 5.52. The van der Waals surface area contributed by atoms with Gasteiger partial charge < -0.3 is 15.2 Å². The normalized spacial score (nSPS) is 10.2. The largest absolute Gasteiger partial charge is 0.493 e. The van der Waals surface area contributed by atoms with Gasteiger partial charge in [-0.05, 0) is 37.6 Å². The summed E-state index contributed by atoms with van der Waals surface area (Å²) in [6.07, 6.45) is 0.309. The van der Waals surface area contributed by atoms with Crippen molar-refractivity contribution in [2.24, 2.45) is 5.73 Å². The summed E-state index contributed by atoms with van der Waals surface area (Å²) in [5, 5.41) is 0. The van der Waals surface area contributed by atoms with Gasteiger partial charge in [0.15, 0.2) is 17.3 Å². The van der Waals surface area contributed by atoms with Crippen molar-refractivity contribution in [1.82, 2.24) is 0 Å². The van der Waals surface area contributed by atoms with E-state index in [9.17, 15) is 4.79 Å². The minimum Gasteiger partial charge on any atom is -0.493 e. The number of Topliss-reactive ketones (excluding diaryl/α,β-unsaturated/α-hetero) is 1. The van der Waals surface area contributed by atoms with E-state index in [1.54, 1.807) is 7.11 Å². The van der Waals surface area contributed by atoms with Crippen molar-refractivity contribution in [1.29, 1.82) is 0 Å². The molecule has 0 fully saturated rings. The van der Waals surface area contributed by atoms with Crippen molar-refractivity contribution in [2.45, 2.75) is 20.3 Å². The van der Waals surface area contributed by atoms with E-state index in [1.807, 2.05) is 19.9 Å². The zero-order chi connectivity index (χ0) is 13.0. The summed E-state index contributed by atoms with van der Waals surface area (Å²) in [5.41, 5.74) is 7.92. The number of hydrogen-bond acceptors (Lipinski definition) is 4. The molecule has 0 amide bonds. The number of benzene rings is 1. The average molecular weight is 237 g/mol. The molecule has 0 aliphatic rings. The number of methoxy groups -OCH3 is 2. The topological polar surface area (TPSA) is 61.5 Å². The molecular weight excluding hydrogens is 218 g/mol. The zero-order valence-corrected chi connectivity index (χ0v) is 10.8. The third kappa shape index (κ3) is 2.58. The molecule has 4 nitrogen and oxygen atoms in total. The molecular formula is C13H19NO3. The fourth-order valence-corrected chi connectivity index (χ4v) is 1.81. The zero-order valence-electron chi connectivity index (χ0n) is 10.8.